The first-order valence-corrected chi connectivity index (χ1v) is 12.7. The number of nitrogens with zero attached hydrogens (tertiary/aromatic N) is 2. The molecule has 1 aromatic heterocycles. The minimum absolute atomic E-state index is 0.00902. The molecule has 0 bridgehead atoms. The van der Waals surface area contributed by atoms with Gasteiger partial charge < -0.3 is 23.7 Å². The SMILES string of the molecule is CCOc1cc(C=c2sc3n(c2=O)CCCN=3)cc(Br)c1OCc1cc(OC)c(OC)c(OC)c1. The molecule has 10 heteroatoms. The van der Waals surface area contributed by atoms with Gasteiger partial charge in [-0.15, -0.1) is 0 Å². The lowest BCUT2D eigenvalue weighted by atomic mass is 10.1. The number of benzene rings is 2. The number of rotatable bonds is 9. The lowest BCUT2D eigenvalue weighted by Crippen LogP contribution is -2.33. The molecule has 0 spiro atoms. The number of hydrogen-bond donors (Lipinski definition) is 0. The molecular weight excluding hydrogens is 536 g/mol. The standard InChI is InChI=1S/C25H27BrN2O6S/c1-5-33-20-10-15(13-21-24(29)28-8-6-7-27-25(28)35-21)9-17(26)22(20)34-14-16-11-18(30-2)23(32-4)19(12-16)31-3/h9-13H,5-8,14H2,1-4H3. The summed E-state index contributed by atoms with van der Waals surface area (Å²) in [5.74, 6) is 2.77. The highest BCUT2D eigenvalue weighted by molar-refractivity contribution is 9.10. The largest absolute Gasteiger partial charge is 0.493 e. The first-order valence-electron chi connectivity index (χ1n) is 11.1. The van der Waals surface area contributed by atoms with Gasteiger partial charge in [0.15, 0.2) is 27.8 Å². The second kappa shape index (κ2) is 11.2. The van der Waals surface area contributed by atoms with Crippen molar-refractivity contribution < 1.29 is 23.7 Å². The van der Waals surface area contributed by atoms with Crippen molar-refractivity contribution in [2.45, 2.75) is 26.5 Å². The molecule has 0 amide bonds. The zero-order chi connectivity index (χ0) is 24.9. The van der Waals surface area contributed by atoms with Crippen molar-refractivity contribution in [2.75, 3.05) is 34.5 Å². The third kappa shape index (κ3) is 5.33. The molecule has 0 N–H and O–H groups in total. The van der Waals surface area contributed by atoms with Crippen LogP contribution in [0.25, 0.3) is 6.08 Å². The van der Waals surface area contributed by atoms with Gasteiger partial charge in [0.05, 0.1) is 36.9 Å². The highest BCUT2D eigenvalue weighted by atomic mass is 79.9. The lowest BCUT2D eigenvalue weighted by molar-refractivity contribution is 0.265. The zero-order valence-electron chi connectivity index (χ0n) is 20.1. The van der Waals surface area contributed by atoms with E-state index in [0.29, 0.717) is 50.9 Å². The maximum absolute atomic E-state index is 12.8. The van der Waals surface area contributed by atoms with E-state index < -0.39 is 0 Å². The molecule has 35 heavy (non-hydrogen) atoms. The molecule has 2 aromatic carbocycles. The van der Waals surface area contributed by atoms with E-state index in [1.54, 1.807) is 25.9 Å². The van der Waals surface area contributed by atoms with Crippen molar-refractivity contribution in [2.24, 2.45) is 4.99 Å². The van der Waals surface area contributed by atoms with Gasteiger partial charge in [0, 0.05) is 13.1 Å². The van der Waals surface area contributed by atoms with Gasteiger partial charge in [-0.1, -0.05) is 11.3 Å². The molecule has 0 aliphatic carbocycles. The van der Waals surface area contributed by atoms with Crippen LogP contribution < -0.4 is 38.6 Å². The van der Waals surface area contributed by atoms with Gasteiger partial charge in [0.1, 0.15) is 6.61 Å². The van der Waals surface area contributed by atoms with Crippen LogP contribution in [0.1, 0.15) is 24.5 Å². The summed E-state index contributed by atoms with van der Waals surface area (Å²) < 4.78 is 31.4. The summed E-state index contributed by atoms with van der Waals surface area (Å²) in [6, 6.07) is 7.47. The zero-order valence-corrected chi connectivity index (χ0v) is 22.5. The number of halogens is 1. The van der Waals surface area contributed by atoms with Crippen LogP contribution in [-0.4, -0.2) is 39.0 Å². The lowest BCUT2D eigenvalue weighted by Gasteiger charge is -2.17. The van der Waals surface area contributed by atoms with E-state index in [1.165, 1.54) is 11.3 Å². The number of methoxy groups -OCH3 is 3. The molecule has 0 unspecified atom stereocenters. The van der Waals surface area contributed by atoms with Crippen LogP contribution in [0.4, 0.5) is 0 Å². The maximum atomic E-state index is 12.8. The normalized spacial score (nSPS) is 13.1. The minimum Gasteiger partial charge on any atom is -0.493 e. The van der Waals surface area contributed by atoms with Crippen molar-refractivity contribution in [3.8, 4) is 28.7 Å². The van der Waals surface area contributed by atoms with Crippen molar-refractivity contribution in [3.05, 3.63) is 59.6 Å². The van der Waals surface area contributed by atoms with Crippen molar-refractivity contribution in [3.63, 3.8) is 0 Å². The molecule has 186 valence electrons. The van der Waals surface area contributed by atoms with E-state index in [0.717, 1.165) is 28.9 Å². The summed E-state index contributed by atoms with van der Waals surface area (Å²) in [6.45, 7) is 4.10. The monoisotopic (exact) mass is 562 g/mol. The van der Waals surface area contributed by atoms with E-state index in [1.807, 2.05) is 37.3 Å². The molecule has 1 aliphatic rings. The Labute approximate surface area is 215 Å². The molecule has 0 saturated heterocycles. The second-order valence-corrected chi connectivity index (χ2v) is 9.53. The topological polar surface area (TPSA) is 80.5 Å². The molecule has 0 saturated carbocycles. The first kappa shape index (κ1) is 25.1. The third-order valence-corrected chi connectivity index (χ3v) is 7.05. The molecule has 0 atom stereocenters. The van der Waals surface area contributed by atoms with Gasteiger partial charge in [-0.25, -0.2) is 0 Å². The first-order chi connectivity index (χ1) is 17.0. The molecule has 0 fully saturated rings. The fraction of sp³-hybridized carbons (Fsp3) is 0.360. The Balaban J connectivity index is 1.66. The summed E-state index contributed by atoms with van der Waals surface area (Å²) in [7, 11) is 4.71. The average molecular weight is 563 g/mol. The van der Waals surface area contributed by atoms with Crippen LogP contribution in [0.5, 0.6) is 28.7 Å². The van der Waals surface area contributed by atoms with Gasteiger partial charge in [-0.05, 0) is 70.7 Å². The van der Waals surface area contributed by atoms with Crippen molar-refractivity contribution in [1.29, 1.82) is 0 Å². The van der Waals surface area contributed by atoms with Crippen LogP contribution in [-0.2, 0) is 13.2 Å². The Morgan fingerprint density at radius 3 is 2.40 bits per heavy atom. The predicted octanol–water partition coefficient (Wildman–Crippen LogP) is 3.53. The van der Waals surface area contributed by atoms with Crippen LogP contribution in [0.2, 0.25) is 0 Å². The molecular formula is C25H27BrN2O6S. The number of thiazole rings is 1. The van der Waals surface area contributed by atoms with Crippen LogP contribution >= 0.6 is 27.3 Å². The Kier molecular flexibility index (Phi) is 8.02. The van der Waals surface area contributed by atoms with Gasteiger partial charge >= 0.3 is 0 Å². The Morgan fingerprint density at radius 2 is 1.77 bits per heavy atom. The maximum Gasteiger partial charge on any atom is 0.270 e. The van der Waals surface area contributed by atoms with Gasteiger partial charge in [-0.3, -0.25) is 14.4 Å². The van der Waals surface area contributed by atoms with E-state index >= 15 is 0 Å². The molecule has 3 aromatic rings. The number of hydrogen-bond acceptors (Lipinski definition) is 8. The minimum atomic E-state index is -0.00902. The van der Waals surface area contributed by atoms with E-state index in [9.17, 15) is 4.79 Å². The van der Waals surface area contributed by atoms with Gasteiger partial charge in [0.25, 0.3) is 5.56 Å². The van der Waals surface area contributed by atoms with Gasteiger partial charge in [-0.2, -0.15) is 0 Å². The summed E-state index contributed by atoms with van der Waals surface area (Å²) in [5, 5.41) is 0. The molecule has 4 rings (SSSR count). The van der Waals surface area contributed by atoms with Crippen molar-refractivity contribution >= 4 is 33.3 Å². The third-order valence-electron chi connectivity index (χ3n) is 5.41. The molecule has 8 nitrogen and oxygen atoms in total. The Hall–Kier alpha value is -2.98. The smallest absolute Gasteiger partial charge is 0.270 e. The second-order valence-electron chi connectivity index (χ2n) is 7.67. The highest BCUT2D eigenvalue weighted by Crippen LogP contribution is 2.40. The summed E-state index contributed by atoms with van der Waals surface area (Å²) >= 11 is 5.03. The van der Waals surface area contributed by atoms with E-state index in [2.05, 4.69) is 20.9 Å². The van der Waals surface area contributed by atoms with Crippen LogP contribution in [0.3, 0.4) is 0 Å². The molecule has 0 radical (unpaired) electrons. The Morgan fingerprint density at radius 1 is 1.03 bits per heavy atom. The average Bonchev–Trinajstić information content (AvgIpc) is 3.18. The van der Waals surface area contributed by atoms with E-state index in [4.69, 9.17) is 23.7 Å². The summed E-state index contributed by atoms with van der Waals surface area (Å²) in [5.41, 5.74) is 1.66. The molecule has 1 aliphatic heterocycles. The number of aromatic nitrogens is 1. The number of fused-ring (bicyclic) bond motifs is 1. The fourth-order valence-corrected chi connectivity index (χ4v) is 5.43. The fourth-order valence-electron chi connectivity index (χ4n) is 3.83. The van der Waals surface area contributed by atoms with Crippen LogP contribution in [0, 0.1) is 0 Å². The van der Waals surface area contributed by atoms with Crippen molar-refractivity contribution in [1.82, 2.24) is 4.57 Å². The summed E-state index contributed by atoms with van der Waals surface area (Å²) in [6.07, 6.45) is 2.76. The number of ether oxygens (including phenoxy) is 5. The van der Waals surface area contributed by atoms with Gasteiger partial charge in [0.2, 0.25) is 5.75 Å². The highest BCUT2D eigenvalue weighted by Gasteiger charge is 2.16. The Bertz CT molecular complexity index is 1370. The van der Waals surface area contributed by atoms with E-state index in [-0.39, 0.29) is 12.2 Å². The predicted molar refractivity (Wildman–Crippen MR) is 138 cm³/mol. The van der Waals surface area contributed by atoms with Crippen LogP contribution in [0.15, 0.2) is 38.5 Å². The quantitative estimate of drug-likeness (QED) is 0.397. The summed E-state index contributed by atoms with van der Waals surface area (Å²) in [4.78, 5) is 18.0. The molecule has 2 heterocycles.